The fraction of sp³-hybridized carbons (Fsp3) is 0.400. The molecule has 0 aliphatic carbocycles. The maximum absolute atomic E-state index is 13.5. The quantitative estimate of drug-likeness (QED) is 0.189. The minimum absolute atomic E-state index is 0.00144. The van der Waals surface area contributed by atoms with Gasteiger partial charge in [0.15, 0.2) is 0 Å². The lowest BCUT2D eigenvalue weighted by molar-refractivity contribution is 0.130. The van der Waals surface area contributed by atoms with Crippen molar-refractivity contribution in [2.24, 2.45) is 0 Å². The van der Waals surface area contributed by atoms with Gasteiger partial charge in [0.25, 0.3) is 0 Å². The molecule has 0 aliphatic heterocycles. The van der Waals surface area contributed by atoms with E-state index in [-0.39, 0.29) is 5.75 Å². The van der Waals surface area contributed by atoms with Crippen LogP contribution in [-0.2, 0) is 10.1 Å². The van der Waals surface area contributed by atoms with Crippen LogP contribution in [-0.4, -0.2) is 29.0 Å². The van der Waals surface area contributed by atoms with Crippen LogP contribution in [0.5, 0.6) is 11.5 Å². The highest BCUT2D eigenvalue weighted by atomic mass is 32.3. The summed E-state index contributed by atoms with van der Waals surface area (Å²) in [6.45, 7) is 13.9. The van der Waals surface area contributed by atoms with E-state index in [1.165, 1.54) is 0 Å². The molecule has 0 heterocycles. The fourth-order valence-electron chi connectivity index (χ4n) is 3.84. The first-order chi connectivity index (χ1) is 17.2. The van der Waals surface area contributed by atoms with Crippen molar-refractivity contribution in [3.8, 4) is 11.5 Å². The van der Waals surface area contributed by atoms with Gasteiger partial charge in [-0.15, -0.1) is 0 Å². The normalized spacial score (nSPS) is 13.3. The first-order valence-electron chi connectivity index (χ1n) is 12.7. The van der Waals surface area contributed by atoms with E-state index in [9.17, 15) is 8.42 Å². The monoisotopic (exact) mass is 545 g/mol. The Morgan fingerprint density at radius 3 is 1.57 bits per heavy atom. The summed E-state index contributed by atoms with van der Waals surface area (Å²) in [5.74, 6) is 1.34. The predicted molar refractivity (Wildman–Crippen MR) is 154 cm³/mol. The molecular formula is C30H41O5S2+. The number of hydrogen-bond donors (Lipinski definition) is 0. The van der Waals surface area contributed by atoms with Gasteiger partial charge in [-0.05, 0) is 96.5 Å². The summed E-state index contributed by atoms with van der Waals surface area (Å²) in [5.41, 5.74) is -0.817. The molecule has 0 bridgehead atoms. The van der Waals surface area contributed by atoms with Crippen LogP contribution in [0.1, 0.15) is 61.3 Å². The summed E-state index contributed by atoms with van der Waals surface area (Å²) in [4.78, 5) is 2.40. The Hall–Kier alpha value is -2.48. The molecular weight excluding hydrogens is 504 g/mol. The number of ether oxygens (including phenoxy) is 2. The summed E-state index contributed by atoms with van der Waals surface area (Å²) in [6, 6.07) is 25.1. The standard InChI is InChI=1S/C30H40O5S2/c1-8-9-21-36(31,32)35-37(26-17-11-10-12-18-26,27-19-13-15-24(22-27)33-29(2,3)4)28-20-14-16-25(23-28)34-30(5,6)7/h10-20,22-23H,8-9,21H2,1-7H3/p+1. The van der Waals surface area contributed by atoms with Crippen molar-refractivity contribution >= 4 is 20.4 Å². The number of rotatable bonds is 10. The van der Waals surface area contributed by atoms with E-state index in [4.69, 9.17) is 13.1 Å². The topological polar surface area (TPSA) is 65.4 Å². The van der Waals surface area contributed by atoms with Gasteiger partial charge in [0.2, 0.25) is 0 Å². The maximum atomic E-state index is 13.5. The first-order valence-corrected chi connectivity index (χ1v) is 15.9. The summed E-state index contributed by atoms with van der Waals surface area (Å²) in [7, 11) is -6.36. The van der Waals surface area contributed by atoms with Crippen LogP contribution in [0.4, 0.5) is 0 Å². The summed E-state index contributed by atoms with van der Waals surface area (Å²) in [5, 5.41) is 0. The summed E-state index contributed by atoms with van der Waals surface area (Å²) >= 11 is 0. The molecule has 7 heteroatoms. The zero-order chi connectivity index (χ0) is 27.3. The van der Waals surface area contributed by atoms with Crippen molar-refractivity contribution in [1.82, 2.24) is 0 Å². The van der Waals surface area contributed by atoms with Crippen LogP contribution in [0.25, 0.3) is 0 Å². The number of unbranched alkanes of at least 4 members (excludes halogenated alkanes) is 1. The Labute approximate surface area is 224 Å². The van der Waals surface area contributed by atoms with Crippen molar-refractivity contribution in [1.29, 1.82) is 0 Å². The molecule has 0 spiro atoms. The number of benzene rings is 3. The molecule has 0 saturated carbocycles. The molecule has 1 N–H and O–H groups in total. The zero-order valence-corrected chi connectivity index (χ0v) is 24.7. The van der Waals surface area contributed by atoms with Gasteiger partial charge in [0.05, 0.1) is 25.0 Å². The molecule has 0 aliphatic rings. The molecule has 3 aromatic carbocycles. The molecule has 3 aromatic rings. The lowest BCUT2D eigenvalue weighted by atomic mass is 10.2. The molecule has 37 heavy (non-hydrogen) atoms. The lowest BCUT2D eigenvalue weighted by Gasteiger charge is -2.35. The third-order valence-electron chi connectivity index (χ3n) is 5.21. The Morgan fingerprint density at radius 2 is 1.14 bits per heavy atom. The lowest BCUT2D eigenvalue weighted by Crippen LogP contribution is -2.24. The molecule has 202 valence electrons. The highest BCUT2D eigenvalue weighted by Gasteiger charge is 2.43. The van der Waals surface area contributed by atoms with Crippen LogP contribution in [0, 0.1) is 0 Å². The Morgan fingerprint density at radius 1 is 0.676 bits per heavy atom. The highest BCUT2D eigenvalue weighted by molar-refractivity contribution is 8.32. The van der Waals surface area contributed by atoms with E-state index in [0.29, 0.717) is 17.9 Å². The Kier molecular flexibility index (Phi) is 9.04. The van der Waals surface area contributed by atoms with Crippen molar-refractivity contribution in [2.45, 2.75) is 87.2 Å². The Bertz CT molecular complexity index is 1210. The third-order valence-corrected chi connectivity index (χ3v) is 10.6. The van der Waals surface area contributed by atoms with E-state index in [1.807, 2.05) is 127 Å². The number of hydrogen-bond acceptors (Lipinski definition) is 4. The molecule has 3 rings (SSSR count). The zero-order valence-electron chi connectivity index (χ0n) is 23.0. The molecule has 0 aromatic heterocycles. The van der Waals surface area contributed by atoms with Crippen LogP contribution < -0.4 is 9.47 Å². The van der Waals surface area contributed by atoms with E-state index in [2.05, 4.69) is 0 Å². The summed E-state index contributed by atoms with van der Waals surface area (Å²) in [6.07, 6.45) is 1.32. The van der Waals surface area contributed by atoms with Gasteiger partial charge in [-0.3, -0.25) is 3.63 Å². The first kappa shape index (κ1) is 29.1. The van der Waals surface area contributed by atoms with Gasteiger partial charge < -0.3 is 9.47 Å². The van der Waals surface area contributed by atoms with E-state index >= 15 is 0 Å². The van der Waals surface area contributed by atoms with Gasteiger partial charge in [-0.25, -0.2) is 0 Å². The van der Waals surface area contributed by atoms with E-state index < -0.39 is 31.6 Å². The minimum atomic E-state index is -3.76. The largest absolute Gasteiger partial charge is 0.488 e. The van der Waals surface area contributed by atoms with Gasteiger partial charge in [-0.2, -0.15) is 8.42 Å². The molecule has 0 amide bonds. The van der Waals surface area contributed by atoms with Gasteiger partial charge >= 0.3 is 10.1 Å². The van der Waals surface area contributed by atoms with Crippen molar-refractivity contribution in [3.63, 3.8) is 0 Å². The second kappa shape index (κ2) is 11.5. The molecule has 0 atom stereocenters. The highest BCUT2D eigenvalue weighted by Crippen LogP contribution is 2.69. The van der Waals surface area contributed by atoms with Crippen LogP contribution >= 0.6 is 10.3 Å². The predicted octanol–water partition coefficient (Wildman–Crippen LogP) is 8.46. The van der Waals surface area contributed by atoms with Crippen LogP contribution in [0.3, 0.4) is 0 Å². The van der Waals surface area contributed by atoms with Gasteiger partial charge in [0, 0.05) is 0 Å². The Balaban J connectivity index is 2.34. The van der Waals surface area contributed by atoms with Crippen molar-refractivity contribution in [2.75, 3.05) is 5.75 Å². The van der Waals surface area contributed by atoms with Gasteiger partial charge in [-0.1, -0.05) is 43.7 Å². The average molecular weight is 546 g/mol. The van der Waals surface area contributed by atoms with E-state index in [0.717, 1.165) is 21.1 Å². The van der Waals surface area contributed by atoms with Gasteiger partial charge in [0.1, 0.15) is 28.5 Å². The third kappa shape index (κ3) is 8.00. The van der Waals surface area contributed by atoms with Crippen LogP contribution in [0.2, 0.25) is 0 Å². The van der Waals surface area contributed by atoms with Crippen molar-refractivity contribution in [3.05, 3.63) is 78.9 Å². The molecule has 5 nitrogen and oxygen atoms in total. The van der Waals surface area contributed by atoms with Crippen LogP contribution in [0.15, 0.2) is 93.5 Å². The molecule has 0 unspecified atom stereocenters. The molecule has 0 radical (unpaired) electrons. The van der Waals surface area contributed by atoms with Crippen molar-refractivity contribution < 1.29 is 21.5 Å². The van der Waals surface area contributed by atoms with E-state index in [1.54, 1.807) is 0 Å². The molecule has 0 fully saturated rings. The summed E-state index contributed by atoms with van der Waals surface area (Å²) < 4.78 is 44.3. The minimum Gasteiger partial charge on any atom is -0.488 e. The average Bonchev–Trinajstić information content (AvgIpc) is 2.80. The smallest absolute Gasteiger partial charge is 0.390 e. The fourth-order valence-corrected chi connectivity index (χ4v) is 9.68. The maximum Gasteiger partial charge on any atom is 0.390 e. The SMILES string of the molecule is CCCCS(=O)(=O)[OH+]S(c1ccccc1)(c1cccc(OC(C)(C)C)c1)c1cccc(OC(C)(C)C)c1. The second-order valence-electron chi connectivity index (χ2n) is 11.0. The second-order valence-corrected chi connectivity index (χ2v) is 15.7. The molecule has 0 saturated heterocycles.